The van der Waals surface area contributed by atoms with E-state index in [0.29, 0.717) is 13.2 Å². The van der Waals surface area contributed by atoms with Crippen LogP contribution in [0.3, 0.4) is 0 Å². The Labute approximate surface area is 102 Å². The van der Waals surface area contributed by atoms with Gasteiger partial charge in [0.1, 0.15) is 6.61 Å². The highest BCUT2D eigenvalue weighted by molar-refractivity contribution is 5.88. The first kappa shape index (κ1) is 15.6. The fourth-order valence-corrected chi connectivity index (χ4v) is 0.852. The van der Waals surface area contributed by atoms with Crippen molar-refractivity contribution in [3.8, 4) is 0 Å². The first-order valence-electron chi connectivity index (χ1n) is 5.64. The van der Waals surface area contributed by atoms with E-state index in [1.165, 1.54) is 6.92 Å². The van der Waals surface area contributed by atoms with Crippen molar-refractivity contribution in [1.29, 1.82) is 0 Å². The minimum atomic E-state index is -0.596. The average molecular weight is 244 g/mol. The molecule has 0 fully saturated rings. The number of ether oxygens (including phenoxy) is 3. The van der Waals surface area contributed by atoms with Crippen LogP contribution in [0.2, 0.25) is 0 Å². The summed E-state index contributed by atoms with van der Waals surface area (Å²) in [5, 5.41) is 0. The van der Waals surface area contributed by atoms with Gasteiger partial charge in [-0.15, -0.1) is 0 Å². The van der Waals surface area contributed by atoms with E-state index < -0.39 is 11.9 Å². The molecule has 0 aromatic heterocycles. The lowest BCUT2D eigenvalue weighted by Crippen LogP contribution is -2.18. The van der Waals surface area contributed by atoms with E-state index in [2.05, 4.69) is 18.2 Å². The highest BCUT2D eigenvalue weighted by Crippen LogP contribution is 1.93. The predicted octanol–water partition coefficient (Wildman–Crippen LogP) is 1.47. The zero-order chi connectivity index (χ0) is 13.1. The molecule has 0 aromatic carbocycles. The lowest BCUT2D eigenvalue weighted by Gasteiger charge is -2.06. The van der Waals surface area contributed by atoms with E-state index in [1.54, 1.807) is 0 Å². The molecule has 0 unspecified atom stereocenters. The molecule has 0 rings (SSSR count). The molecule has 0 atom stereocenters. The standard InChI is InChI=1S/C12H20O5/c1-4-5-6-15-7-8-16-11(13)9-17-12(14)10(2)3/h2,4-9H2,1,3H3. The Morgan fingerprint density at radius 2 is 1.82 bits per heavy atom. The van der Waals surface area contributed by atoms with Gasteiger partial charge in [-0.3, -0.25) is 0 Å². The predicted molar refractivity (Wildman–Crippen MR) is 62.5 cm³/mol. The summed E-state index contributed by atoms with van der Waals surface area (Å²) in [5.74, 6) is -1.18. The quantitative estimate of drug-likeness (QED) is 0.349. The molecular weight excluding hydrogens is 224 g/mol. The minimum Gasteiger partial charge on any atom is -0.461 e. The first-order valence-corrected chi connectivity index (χ1v) is 5.64. The van der Waals surface area contributed by atoms with E-state index >= 15 is 0 Å². The second-order valence-corrected chi connectivity index (χ2v) is 3.54. The summed E-state index contributed by atoms with van der Waals surface area (Å²) in [6.07, 6.45) is 2.06. The Morgan fingerprint density at radius 1 is 1.12 bits per heavy atom. The highest BCUT2D eigenvalue weighted by atomic mass is 16.6. The molecule has 0 saturated carbocycles. The van der Waals surface area contributed by atoms with E-state index in [1.807, 2.05) is 0 Å². The van der Waals surface area contributed by atoms with Crippen molar-refractivity contribution >= 4 is 11.9 Å². The molecule has 0 aliphatic rings. The molecule has 0 N–H and O–H groups in total. The number of hydrogen-bond acceptors (Lipinski definition) is 5. The molecule has 0 saturated heterocycles. The molecule has 0 amide bonds. The van der Waals surface area contributed by atoms with Gasteiger partial charge in [0.15, 0.2) is 6.61 Å². The second kappa shape index (κ2) is 9.84. The van der Waals surface area contributed by atoms with Crippen molar-refractivity contribution < 1.29 is 23.8 Å². The summed E-state index contributed by atoms with van der Waals surface area (Å²) >= 11 is 0. The lowest BCUT2D eigenvalue weighted by atomic mass is 10.4. The van der Waals surface area contributed by atoms with Gasteiger partial charge in [0.2, 0.25) is 0 Å². The number of hydrogen-bond donors (Lipinski definition) is 0. The van der Waals surface area contributed by atoms with Gasteiger partial charge < -0.3 is 14.2 Å². The van der Waals surface area contributed by atoms with Crippen LogP contribution in [0.15, 0.2) is 12.2 Å². The van der Waals surface area contributed by atoms with E-state index in [0.717, 1.165) is 12.8 Å². The molecule has 0 heterocycles. The number of unbranched alkanes of at least 4 members (excludes halogenated alkanes) is 1. The zero-order valence-electron chi connectivity index (χ0n) is 10.5. The minimum absolute atomic E-state index is 0.174. The zero-order valence-corrected chi connectivity index (χ0v) is 10.5. The van der Waals surface area contributed by atoms with Crippen LogP contribution in [0.25, 0.3) is 0 Å². The van der Waals surface area contributed by atoms with Gasteiger partial charge in [-0.05, 0) is 13.3 Å². The smallest absolute Gasteiger partial charge is 0.344 e. The number of carbonyl (C=O) groups excluding carboxylic acids is 2. The highest BCUT2D eigenvalue weighted by Gasteiger charge is 2.08. The van der Waals surface area contributed by atoms with Crippen LogP contribution in [0.4, 0.5) is 0 Å². The molecule has 98 valence electrons. The molecule has 0 spiro atoms. The maximum Gasteiger partial charge on any atom is 0.344 e. The van der Waals surface area contributed by atoms with E-state index in [9.17, 15) is 9.59 Å². The largest absolute Gasteiger partial charge is 0.461 e. The topological polar surface area (TPSA) is 61.8 Å². The van der Waals surface area contributed by atoms with Crippen molar-refractivity contribution in [3.63, 3.8) is 0 Å². The SMILES string of the molecule is C=C(C)C(=O)OCC(=O)OCCOCCCC. The Bertz CT molecular complexity index is 260. The molecule has 0 aromatic rings. The van der Waals surface area contributed by atoms with Crippen molar-refractivity contribution in [3.05, 3.63) is 12.2 Å². The van der Waals surface area contributed by atoms with Crippen LogP contribution in [0.1, 0.15) is 26.7 Å². The van der Waals surface area contributed by atoms with Gasteiger partial charge in [-0.2, -0.15) is 0 Å². The van der Waals surface area contributed by atoms with Crippen molar-refractivity contribution in [1.82, 2.24) is 0 Å². The molecule has 0 bridgehead atoms. The average Bonchev–Trinajstić information content (AvgIpc) is 2.30. The molecule has 0 radical (unpaired) electrons. The van der Waals surface area contributed by atoms with Gasteiger partial charge in [-0.25, -0.2) is 9.59 Å². The van der Waals surface area contributed by atoms with Crippen molar-refractivity contribution in [2.24, 2.45) is 0 Å². The Kier molecular flexibility index (Phi) is 9.05. The summed E-state index contributed by atoms with van der Waals surface area (Å²) in [4.78, 5) is 22.0. The van der Waals surface area contributed by atoms with Crippen LogP contribution >= 0.6 is 0 Å². The maximum absolute atomic E-state index is 11.1. The van der Waals surface area contributed by atoms with Crippen molar-refractivity contribution in [2.45, 2.75) is 26.7 Å². The van der Waals surface area contributed by atoms with Gasteiger partial charge >= 0.3 is 11.9 Å². The summed E-state index contributed by atoms with van der Waals surface area (Å²) in [5.41, 5.74) is 0.251. The first-order chi connectivity index (χ1) is 8.07. The fourth-order valence-electron chi connectivity index (χ4n) is 0.852. The van der Waals surface area contributed by atoms with Gasteiger partial charge in [0.25, 0.3) is 0 Å². The van der Waals surface area contributed by atoms with Crippen molar-refractivity contribution in [2.75, 3.05) is 26.4 Å². The monoisotopic (exact) mass is 244 g/mol. The lowest BCUT2D eigenvalue weighted by molar-refractivity contribution is -0.157. The van der Waals surface area contributed by atoms with Crippen LogP contribution in [0, 0.1) is 0 Å². The molecule has 5 nitrogen and oxygen atoms in total. The normalized spacial score (nSPS) is 9.76. The third-order valence-corrected chi connectivity index (χ3v) is 1.80. The summed E-state index contributed by atoms with van der Waals surface area (Å²) in [6.45, 7) is 7.78. The van der Waals surface area contributed by atoms with Crippen LogP contribution in [-0.2, 0) is 23.8 Å². The van der Waals surface area contributed by atoms with Gasteiger partial charge in [-0.1, -0.05) is 19.9 Å². The van der Waals surface area contributed by atoms with Crippen LogP contribution in [0.5, 0.6) is 0 Å². The van der Waals surface area contributed by atoms with E-state index in [-0.39, 0.29) is 18.8 Å². The van der Waals surface area contributed by atoms with Gasteiger partial charge in [0.05, 0.1) is 6.61 Å². The Morgan fingerprint density at radius 3 is 2.41 bits per heavy atom. The molecule has 0 aliphatic carbocycles. The van der Waals surface area contributed by atoms with Gasteiger partial charge in [0, 0.05) is 12.2 Å². The summed E-state index contributed by atoms with van der Waals surface area (Å²) in [7, 11) is 0. The van der Waals surface area contributed by atoms with Crippen LogP contribution in [-0.4, -0.2) is 38.4 Å². The Hall–Kier alpha value is -1.36. The third-order valence-electron chi connectivity index (χ3n) is 1.80. The van der Waals surface area contributed by atoms with E-state index in [4.69, 9.17) is 9.47 Å². The molecule has 17 heavy (non-hydrogen) atoms. The number of esters is 2. The Balaban J connectivity index is 3.41. The second-order valence-electron chi connectivity index (χ2n) is 3.54. The third kappa shape index (κ3) is 9.56. The molecule has 5 heteroatoms. The maximum atomic E-state index is 11.1. The molecule has 0 aliphatic heterocycles. The fraction of sp³-hybridized carbons (Fsp3) is 0.667. The van der Waals surface area contributed by atoms with Crippen LogP contribution < -0.4 is 0 Å². The number of carbonyl (C=O) groups is 2. The summed E-state index contributed by atoms with van der Waals surface area (Å²) in [6, 6.07) is 0. The molecular formula is C12H20O5. The summed E-state index contributed by atoms with van der Waals surface area (Å²) < 4.78 is 14.6. The number of rotatable bonds is 9.